The van der Waals surface area contributed by atoms with E-state index in [1.54, 1.807) is 4.72 Å². The fourth-order valence-electron chi connectivity index (χ4n) is 3.41. The second kappa shape index (κ2) is 10.1. The fraction of sp³-hybridized carbons (Fsp3) is 0.350. The van der Waals surface area contributed by atoms with Crippen LogP contribution in [-0.2, 0) is 16.6 Å². The lowest BCUT2D eigenvalue weighted by molar-refractivity contribution is -0.274. The van der Waals surface area contributed by atoms with E-state index in [9.17, 15) is 30.8 Å². The van der Waals surface area contributed by atoms with Gasteiger partial charge in [0.1, 0.15) is 11.6 Å². The number of anilines is 1. The molecule has 34 heavy (non-hydrogen) atoms. The van der Waals surface area contributed by atoms with Gasteiger partial charge in [0.15, 0.2) is 0 Å². The molecule has 1 aliphatic rings. The number of carbonyl (C=O) groups excluding carboxylic acids is 1. The van der Waals surface area contributed by atoms with E-state index < -0.39 is 39.4 Å². The lowest BCUT2D eigenvalue weighted by Crippen LogP contribution is -2.46. The van der Waals surface area contributed by atoms with E-state index in [0.29, 0.717) is 37.4 Å². The van der Waals surface area contributed by atoms with Gasteiger partial charge in [0.2, 0.25) is 10.0 Å². The normalized spacial score (nSPS) is 15.3. The van der Waals surface area contributed by atoms with Crippen LogP contribution in [0.2, 0.25) is 10.0 Å². The summed E-state index contributed by atoms with van der Waals surface area (Å²) in [7, 11) is -3.86. The molecule has 7 nitrogen and oxygen atoms in total. The number of hydrogen-bond acceptors (Lipinski definition) is 6. The van der Waals surface area contributed by atoms with Gasteiger partial charge in [-0.1, -0.05) is 23.2 Å². The number of ether oxygens (including phenoxy) is 1. The molecule has 2 aromatic rings. The van der Waals surface area contributed by atoms with Gasteiger partial charge in [-0.05, 0) is 35.9 Å². The molecule has 0 aliphatic carbocycles. The monoisotopic (exact) mass is 543 g/mol. The third kappa shape index (κ3) is 7.11. The molecule has 1 heterocycles. The highest BCUT2D eigenvalue weighted by molar-refractivity contribution is 7.89. The summed E-state index contributed by atoms with van der Waals surface area (Å²) in [6, 6.07) is 6.20. The van der Waals surface area contributed by atoms with Crippen molar-refractivity contribution in [1.82, 2.24) is 9.62 Å². The zero-order valence-corrected chi connectivity index (χ0v) is 20.0. The first-order chi connectivity index (χ1) is 15.7. The zero-order chi connectivity index (χ0) is 25.3. The molecule has 0 unspecified atom stereocenters. The van der Waals surface area contributed by atoms with Gasteiger partial charge in [-0.2, -0.15) is 0 Å². The Labute approximate surface area is 203 Å². The van der Waals surface area contributed by atoms with Crippen molar-refractivity contribution in [2.45, 2.75) is 12.9 Å². The van der Waals surface area contributed by atoms with Crippen LogP contribution in [0.1, 0.15) is 15.9 Å². The van der Waals surface area contributed by atoms with Crippen LogP contribution in [0, 0.1) is 5.82 Å². The number of hydrogen-bond donors (Lipinski definition) is 1. The Morgan fingerprint density at radius 2 is 1.74 bits per heavy atom. The van der Waals surface area contributed by atoms with E-state index in [1.165, 1.54) is 12.1 Å². The summed E-state index contributed by atoms with van der Waals surface area (Å²) in [5.74, 6) is -2.51. The number of halogens is 6. The second-order valence-corrected chi connectivity index (χ2v) is 10.1. The number of nitrogens with one attached hydrogen (secondary N) is 1. The van der Waals surface area contributed by atoms with Gasteiger partial charge in [-0.3, -0.25) is 9.69 Å². The van der Waals surface area contributed by atoms with Gasteiger partial charge in [-0.15, -0.1) is 13.2 Å². The smallest absolute Gasteiger partial charge is 0.404 e. The summed E-state index contributed by atoms with van der Waals surface area (Å²) in [4.78, 5) is 15.9. The minimum Gasteiger partial charge on any atom is -0.404 e. The molecule has 0 bridgehead atoms. The lowest BCUT2D eigenvalue weighted by Gasteiger charge is -2.36. The Morgan fingerprint density at radius 1 is 1.09 bits per heavy atom. The van der Waals surface area contributed by atoms with Crippen molar-refractivity contribution in [2.24, 2.45) is 0 Å². The summed E-state index contributed by atoms with van der Waals surface area (Å²) in [5, 5.41) is -0.0611. The molecule has 1 aliphatic heterocycles. The SMILES string of the molecule is CS(=O)(=O)NC(=O)c1cc(Cl)c(CN2CCN(c3ccc(OC(F)(F)F)c(Cl)c3)CC2)cc1F. The van der Waals surface area contributed by atoms with E-state index in [1.807, 2.05) is 9.80 Å². The summed E-state index contributed by atoms with van der Waals surface area (Å²) >= 11 is 12.1. The summed E-state index contributed by atoms with van der Waals surface area (Å²) in [5.41, 5.74) is 0.559. The van der Waals surface area contributed by atoms with Crippen LogP contribution >= 0.6 is 23.2 Å². The molecule has 1 fully saturated rings. The molecule has 1 amide bonds. The van der Waals surface area contributed by atoms with Crippen molar-refractivity contribution >= 4 is 44.8 Å². The van der Waals surface area contributed by atoms with E-state index in [4.69, 9.17) is 23.2 Å². The first kappa shape index (κ1) is 26.3. The molecule has 186 valence electrons. The first-order valence-corrected chi connectivity index (χ1v) is 12.4. The minimum atomic E-state index is -4.84. The van der Waals surface area contributed by atoms with E-state index in [0.717, 1.165) is 24.5 Å². The maximum Gasteiger partial charge on any atom is 0.573 e. The highest BCUT2D eigenvalue weighted by atomic mass is 35.5. The Hall–Kier alpha value is -2.28. The highest BCUT2D eigenvalue weighted by Crippen LogP contribution is 2.33. The molecule has 1 N–H and O–H groups in total. The molecule has 0 aromatic heterocycles. The lowest BCUT2D eigenvalue weighted by atomic mass is 10.1. The average molecular weight is 544 g/mol. The number of carbonyl (C=O) groups is 1. The number of nitrogens with zero attached hydrogens (tertiary/aromatic N) is 2. The van der Waals surface area contributed by atoms with Crippen molar-refractivity contribution in [3.8, 4) is 5.75 Å². The van der Waals surface area contributed by atoms with E-state index >= 15 is 0 Å². The number of alkyl halides is 3. The fourth-order valence-corrected chi connectivity index (χ4v) is 4.29. The van der Waals surface area contributed by atoms with Crippen LogP contribution in [-0.4, -0.2) is 58.0 Å². The minimum absolute atomic E-state index is 0.106. The molecule has 3 rings (SSSR count). The predicted octanol–water partition coefficient (Wildman–Crippen LogP) is 4.04. The van der Waals surface area contributed by atoms with Crippen LogP contribution in [0.3, 0.4) is 0 Å². The molecule has 14 heteroatoms. The number of benzene rings is 2. The van der Waals surface area contributed by atoms with Crippen molar-refractivity contribution in [2.75, 3.05) is 37.3 Å². The number of piperazine rings is 1. The summed E-state index contributed by atoms with van der Waals surface area (Å²) in [6.45, 7) is 2.38. The highest BCUT2D eigenvalue weighted by Gasteiger charge is 2.32. The van der Waals surface area contributed by atoms with Gasteiger partial charge < -0.3 is 9.64 Å². The second-order valence-electron chi connectivity index (χ2n) is 7.55. The van der Waals surface area contributed by atoms with Gasteiger partial charge in [0.05, 0.1) is 16.8 Å². The van der Waals surface area contributed by atoms with Gasteiger partial charge in [0, 0.05) is 43.4 Å². The number of rotatable bonds is 6. The molecular weight excluding hydrogens is 525 g/mol. The molecule has 0 spiro atoms. The quantitative estimate of drug-likeness (QED) is 0.554. The summed E-state index contributed by atoms with van der Waals surface area (Å²) < 4.78 is 79.6. The van der Waals surface area contributed by atoms with Crippen LogP contribution in [0.5, 0.6) is 5.75 Å². The van der Waals surface area contributed by atoms with E-state index in [2.05, 4.69) is 4.74 Å². The number of amides is 1. The maximum absolute atomic E-state index is 14.4. The van der Waals surface area contributed by atoms with Crippen molar-refractivity contribution < 1.29 is 35.5 Å². The van der Waals surface area contributed by atoms with E-state index in [-0.39, 0.29) is 16.6 Å². The van der Waals surface area contributed by atoms with Gasteiger partial charge in [-0.25, -0.2) is 17.5 Å². The number of sulfonamides is 1. The molecule has 0 saturated carbocycles. The van der Waals surface area contributed by atoms with Gasteiger partial charge in [0.25, 0.3) is 5.91 Å². The Kier molecular flexibility index (Phi) is 7.85. The molecule has 0 radical (unpaired) electrons. The molecule has 1 saturated heterocycles. The maximum atomic E-state index is 14.4. The zero-order valence-electron chi connectivity index (χ0n) is 17.6. The Morgan fingerprint density at radius 3 is 2.29 bits per heavy atom. The molecule has 2 aromatic carbocycles. The van der Waals surface area contributed by atoms with Crippen LogP contribution in [0.4, 0.5) is 23.2 Å². The van der Waals surface area contributed by atoms with Crippen molar-refractivity contribution in [3.63, 3.8) is 0 Å². The van der Waals surface area contributed by atoms with Crippen LogP contribution in [0.15, 0.2) is 30.3 Å². The van der Waals surface area contributed by atoms with Crippen molar-refractivity contribution in [1.29, 1.82) is 0 Å². The van der Waals surface area contributed by atoms with Gasteiger partial charge >= 0.3 is 6.36 Å². The van der Waals surface area contributed by atoms with Crippen molar-refractivity contribution in [3.05, 3.63) is 57.3 Å². The largest absolute Gasteiger partial charge is 0.573 e. The summed E-state index contributed by atoms with van der Waals surface area (Å²) in [6.07, 6.45) is -4.07. The Balaban J connectivity index is 1.63. The topological polar surface area (TPSA) is 79.0 Å². The molecular formula is C20H19Cl2F4N3O4S. The van der Waals surface area contributed by atoms with Crippen LogP contribution < -0.4 is 14.4 Å². The van der Waals surface area contributed by atoms with Crippen LogP contribution in [0.25, 0.3) is 0 Å². The third-order valence-corrected chi connectivity index (χ3v) is 6.13. The predicted molar refractivity (Wildman–Crippen MR) is 119 cm³/mol. The third-order valence-electron chi connectivity index (χ3n) is 4.93. The molecule has 0 atom stereocenters. The Bertz CT molecular complexity index is 1190. The standard InChI is InChI=1S/C20H19Cl2F4N3O4S/c1-34(31,32)27-19(30)14-10-15(21)12(8-17(14)23)11-28-4-6-29(7-5-28)13-2-3-18(16(22)9-13)33-20(24,25)26/h2-3,8-10H,4-7,11H2,1H3,(H,27,30). The first-order valence-electron chi connectivity index (χ1n) is 9.74. The average Bonchev–Trinajstić information content (AvgIpc) is 2.70.